The molecule has 4 rings (SSSR count). The van der Waals surface area contributed by atoms with Crippen LogP contribution in [0, 0.1) is 11.6 Å². The van der Waals surface area contributed by atoms with Crippen molar-refractivity contribution in [2.45, 2.75) is 25.7 Å². The molecule has 3 aromatic rings. The normalized spacial score (nSPS) is 15.2. The molecule has 36 heavy (non-hydrogen) atoms. The largest absolute Gasteiger partial charge is 0.573 e. The minimum Gasteiger partial charge on any atom is -0.406 e. The minimum absolute atomic E-state index is 0.0263. The third-order valence-electron chi connectivity index (χ3n) is 5.57. The van der Waals surface area contributed by atoms with Crippen LogP contribution in [0.15, 0.2) is 65.8 Å². The Labute approximate surface area is 203 Å². The monoisotopic (exact) mass is 504 g/mol. The quantitative estimate of drug-likeness (QED) is 0.416. The first-order valence-electron chi connectivity index (χ1n) is 10.8. The van der Waals surface area contributed by atoms with Gasteiger partial charge in [0.2, 0.25) is 0 Å². The Kier molecular flexibility index (Phi) is 6.82. The molecule has 188 valence electrons. The van der Waals surface area contributed by atoms with E-state index in [2.05, 4.69) is 15.2 Å². The predicted octanol–water partition coefficient (Wildman–Crippen LogP) is 6.44. The molecular formula is C25H21F5N4O2. The number of hydrazone groups is 1. The number of halogens is 5. The molecule has 0 fully saturated rings. The number of carbonyl (C=O) groups excluding carboxylic acids is 1. The maximum atomic E-state index is 14.6. The molecule has 0 aliphatic carbocycles. The highest BCUT2D eigenvalue weighted by Gasteiger charge is 2.33. The zero-order valence-electron chi connectivity index (χ0n) is 19.2. The van der Waals surface area contributed by atoms with Crippen molar-refractivity contribution in [1.29, 1.82) is 0 Å². The number of para-hydroxylation sites is 1. The fraction of sp³-hybridized carbons (Fsp3) is 0.200. The number of amides is 2. The van der Waals surface area contributed by atoms with Crippen LogP contribution >= 0.6 is 0 Å². The molecule has 1 N–H and O–H groups in total. The summed E-state index contributed by atoms with van der Waals surface area (Å²) in [6.07, 6.45) is -3.81. The van der Waals surface area contributed by atoms with Gasteiger partial charge in [0.25, 0.3) is 0 Å². The number of carbonyl (C=O) groups is 1. The second-order valence-corrected chi connectivity index (χ2v) is 8.16. The maximum absolute atomic E-state index is 14.6. The predicted molar refractivity (Wildman–Crippen MR) is 126 cm³/mol. The van der Waals surface area contributed by atoms with Crippen LogP contribution in [0.4, 0.5) is 43.8 Å². The third kappa shape index (κ3) is 5.56. The van der Waals surface area contributed by atoms with Crippen molar-refractivity contribution in [3.8, 4) is 5.75 Å². The number of hydrogen-bond donors (Lipinski definition) is 1. The lowest BCUT2D eigenvalue weighted by atomic mass is 10.0. The first-order valence-corrected chi connectivity index (χ1v) is 10.8. The van der Waals surface area contributed by atoms with E-state index in [9.17, 15) is 26.7 Å². The standard InChI is InChI=1S/C25H21F5N4O2/c1-15-11-20-16(12-19(13-22(20)27)36-25(28,29)30)14-31-34(15)24(35)33(2)18-9-7-17(8-10-18)32-23-6-4-3-5-21(23)26/h3-10,12-15,32H,11H2,1-2H3. The van der Waals surface area contributed by atoms with E-state index in [1.165, 1.54) is 18.0 Å². The number of alkyl halides is 3. The molecule has 1 atom stereocenters. The van der Waals surface area contributed by atoms with Gasteiger partial charge < -0.3 is 10.1 Å². The third-order valence-corrected chi connectivity index (χ3v) is 5.57. The number of nitrogens with one attached hydrogen (secondary N) is 1. The van der Waals surface area contributed by atoms with Gasteiger partial charge in [-0.1, -0.05) is 12.1 Å². The van der Waals surface area contributed by atoms with Crippen LogP contribution in [0.2, 0.25) is 0 Å². The topological polar surface area (TPSA) is 57.2 Å². The molecule has 0 saturated heterocycles. The summed E-state index contributed by atoms with van der Waals surface area (Å²) in [5.74, 6) is -2.00. The molecule has 1 aliphatic heterocycles. The fourth-order valence-corrected chi connectivity index (χ4v) is 3.76. The highest BCUT2D eigenvalue weighted by atomic mass is 19.4. The lowest BCUT2D eigenvalue weighted by Gasteiger charge is -2.28. The molecule has 0 bridgehead atoms. The first-order chi connectivity index (χ1) is 17.0. The van der Waals surface area contributed by atoms with E-state index < -0.39 is 35.8 Å². The van der Waals surface area contributed by atoms with Gasteiger partial charge in [-0.2, -0.15) is 5.10 Å². The summed E-state index contributed by atoms with van der Waals surface area (Å²) in [7, 11) is 1.53. The molecule has 0 saturated carbocycles. The average molecular weight is 504 g/mol. The highest BCUT2D eigenvalue weighted by molar-refractivity contribution is 5.93. The second-order valence-electron chi connectivity index (χ2n) is 8.16. The summed E-state index contributed by atoms with van der Waals surface area (Å²) < 4.78 is 70.0. The molecule has 0 radical (unpaired) electrons. The molecule has 0 spiro atoms. The molecule has 6 nitrogen and oxygen atoms in total. The minimum atomic E-state index is -4.97. The lowest BCUT2D eigenvalue weighted by Crippen LogP contribution is -2.43. The number of ether oxygens (including phenoxy) is 1. The van der Waals surface area contributed by atoms with Gasteiger partial charge in [-0.15, -0.1) is 13.2 Å². The van der Waals surface area contributed by atoms with Gasteiger partial charge in [-0.05, 0) is 61.4 Å². The average Bonchev–Trinajstić information content (AvgIpc) is 2.98. The van der Waals surface area contributed by atoms with Crippen molar-refractivity contribution < 1.29 is 31.5 Å². The van der Waals surface area contributed by atoms with Crippen molar-refractivity contribution >= 4 is 29.3 Å². The van der Waals surface area contributed by atoms with Gasteiger partial charge >= 0.3 is 12.4 Å². The van der Waals surface area contributed by atoms with Crippen LogP contribution in [-0.4, -0.2) is 36.7 Å². The Morgan fingerprint density at radius 2 is 1.78 bits per heavy atom. The molecule has 2 amide bonds. The fourth-order valence-electron chi connectivity index (χ4n) is 3.76. The highest BCUT2D eigenvalue weighted by Crippen LogP contribution is 2.30. The summed E-state index contributed by atoms with van der Waals surface area (Å²) in [4.78, 5) is 14.5. The number of anilines is 3. The van der Waals surface area contributed by atoms with Crippen LogP contribution in [0.5, 0.6) is 5.75 Å². The smallest absolute Gasteiger partial charge is 0.406 e. The van der Waals surface area contributed by atoms with Crippen LogP contribution in [-0.2, 0) is 6.42 Å². The Hall–Kier alpha value is -4.15. The zero-order chi connectivity index (χ0) is 26.0. The first kappa shape index (κ1) is 25.0. The molecule has 11 heteroatoms. The summed E-state index contributed by atoms with van der Waals surface area (Å²) in [6.45, 7) is 1.65. The number of urea groups is 1. The molecule has 3 aromatic carbocycles. The van der Waals surface area contributed by atoms with Gasteiger partial charge in [0.1, 0.15) is 17.4 Å². The maximum Gasteiger partial charge on any atom is 0.573 e. The van der Waals surface area contributed by atoms with E-state index in [4.69, 9.17) is 0 Å². The van der Waals surface area contributed by atoms with Gasteiger partial charge in [-0.25, -0.2) is 18.6 Å². The number of nitrogens with zero attached hydrogens (tertiary/aromatic N) is 3. The van der Waals surface area contributed by atoms with E-state index in [1.807, 2.05) is 0 Å². The summed E-state index contributed by atoms with van der Waals surface area (Å²) in [5, 5.41) is 8.20. The zero-order valence-corrected chi connectivity index (χ0v) is 19.2. The van der Waals surface area contributed by atoms with Crippen molar-refractivity contribution in [2.24, 2.45) is 5.10 Å². The van der Waals surface area contributed by atoms with E-state index in [-0.39, 0.29) is 17.5 Å². The van der Waals surface area contributed by atoms with Gasteiger partial charge in [0, 0.05) is 30.1 Å². The van der Waals surface area contributed by atoms with Gasteiger partial charge in [-0.3, -0.25) is 4.90 Å². The number of benzene rings is 3. The SMILES string of the molecule is CC1Cc2c(F)cc(OC(F)(F)F)cc2C=NN1C(=O)N(C)c1ccc(Nc2ccccc2F)cc1. The van der Waals surface area contributed by atoms with E-state index in [1.54, 1.807) is 49.4 Å². The van der Waals surface area contributed by atoms with Crippen molar-refractivity contribution in [3.05, 3.63) is 83.4 Å². The summed E-state index contributed by atoms with van der Waals surface area (Å²) >= 11 is 0. The van der Waals surface area contributed by atoms with E-state index in [0.717, 1.165) is 17.3 Å². The number of fused-ring (bicyclic) bond motifs is 1. The molecule has 1 aliphatic rings. The second kappa shape index (κ2) is 9.84. The van der Waals surface area contributed by atoms with Crippen LogP contribution in [0.25, 0.3) is 0 Å². The van der Waals surface area contributed by atoms with Crippen molar-refractivity contribution in [1.82, 2.24) is 5.01 Å². The van der Waals surface area contributed by atoms with Crippen molar-refractivity contribution in [3.63, 3.8) is 0 Å². The molecule has 0 aromatic heterocycles. The van der Waals surface area contributed by atoms with Crippen molar-refractivity contribution in [2.75, 3.05) is 17.3 Å². The lowest BCUT2D eigenvalue weighted by molar-refractivity contribution is -0.274. The molecule has 1 unspecified atom stereocenters. The molecule has 1 heterocycles. The number of hydrogen-bond acceptors (Lipinski definition) is 4. The Morgan fingerprint density at radius 3 is 2.44 bits per heavy atom. The summed E-state index contributed by atoms with van der Waals surface area (Å²) in [6, 6.07) is 13.4. The van der Waals surface area contributed by atoms with Crippen LogP contribution in [0.1, 0.15) is 18.1 Å². The van der Waals surface area contributed by atoms with Crippen LogP contribution in [0.3, 0.4) is 0 Å². The van der Waals surface area contributed by atoms with Gasteiger partial charge in [0.05, 0.1) is 17.9 Å². The Morgan fingerprint density at radius 1 is 1.08 bits per heavy atom. The Balaban J connectivity index is 1.50. The summed E-state index contributed by atoms with van der Waals surface area (Å²) in [5.41, 5.74) is 1.63. The number of rotatable bonds is 4. The van der Waals surface area contributed by atoms with E-state index in [0.29, 0.717) is 23.1 Å². The van der Waals surface area contributed by atoms with E-state index >= 15 is 0 Å². The Bertz CT molecular complexity index is 1290. The van der Waals surface area contributed by atoms with Gasteiger partial charge in [0.15, 0.2) is 0 Å². The van der Waals surface area contributed by atoms with Crippen LogP contribution < -0.4 is 15.0 Å². The molecular weight excluding hydrogens is 483 g/mol.